The van der Waals surface area contributed by atoms with Crippen molar-refractivity contribution in [3.05, 3.63) is 28.3 Å². The Hall–Kier alpha value is -1.72. The van der Waals surface area contributed by atoms with Gasteiger partial charge in [0.15, 0.2) is 11.3 Å². The van der Waals surface area contributed by atoms with Crippen molar-refractivity contribution in [2.24, 2.45) is 0 Å². The summed E-state index contributed by atoms with van der Waals surface area (Å²) in [6.07, 6.45) is 2.61. The summed E-state index contributed by atoms with van der Waals surface area (Å²) in [6, 6.07) is 0. The molecule has 0 N–H and O–H groups in total. The molecule has 52 valence electrons. The summed E-state index contributed by atoms with van der Waals surface area (Å²) in [5.74, 6) is -0.204. The fourth-order valence-electron chi connectivity index (χ4n) is 0.531. The van der Waals surface area contributed by atoms with Gasteiger partial charge < -0.3 is 0 Å². The van der Waals surface area contributed by atoms with Crippen molar-refractivity contribution in [3.63, 3.8) is 0 Å². The van der Waals surface area contributed by atoms with Crippen LogP contribution >= 0.6 is 0 Å². The van der Waals surface area contributed by atoms with E-state index < -0.39 is 5.03 Å². The van der Waals surface area contributed by atoms with Gasteiger partial charge in [-0.15, -0.1) is 0 Å². The minimum absolute atomic E-state index is 0.204. The first-order chi connectivity index (χ1) is 4.75. The molecule has 6 heteroatoms. The van der Waals surface area contributed by atoms with Gasteiger partial charge in [0.05, 0.1) is 12.4 Å². The van der Waals surface area contributed by atoms with E-state index in [9.17, 15) is 14.9 Å². The molecule has 0 radical (unpaired) electrons. The van der Waals surface area contributed by atoms with Crippen LogP contribution in [-0.4, -0.2) is 21.0 Å². The summed E-state index contributed by atoms with van der Waals surface area (Å²) in [5.41, 5.74) is 0. The maximum absolute atomic E-state index is 10.0. The summed E-state index contributed by atoms with van der Waals surface area (Å²) in [4.78, 5) is 23.4. The molecule has 0 fully saturated rings. The van der Waals surface area contributed by atoms with Crippen molar-refractivity contribution < 1.29 is 9.83 Å². The third kappa shape index (κ3) is 0.859. The number of nitrogens with zero attached hydrogens (tertiary/aromatic N) is 3. The third-order valence-electron chi connectivity index (χ3n) is 0.931. The van der Waals surface area contributed by atoms with Gasteiger partial charge in [0.2, 0.25) is 5.82 Å². The van der Waals surface area contributed by atoms with Crippen LogP contribution in [0.25, 0.3) is 0 Å². The van der Waals surface area contributed by atoms with E-state index in [4.69, 9.17) is 0 Å². The SMILES string of the molecule is O=Cc1nccn1[N+](=O)[O-]. The van der Waals surface area contributed by atoms with Crippen molar-refractivity contribution in [3.8, 4) is 0 Å². The van der Waals surface area contributed by atoms with Gasteiger partial charge in [0.25, 0.3) is 0 Å². The highest BCUT2D eigenvalue weighted by atomic mass is 16.7. The molecule has 0 aliphatic heterocycles. The van der Waals surface area contributed by atoms with Crippen molar-refractivity contribution >= 4 is 6.29 Å². The second-order valence-electron chi connectivity index (χ2n) is 1.49. The number of hydrogen-bond acceptors (Lipinski definition) is 4. The van der Waals surface area contributed by atoms with Crippen LogP contribution < -0.4 is 0 Å². The topological polar surface area (TPSA) is 78.0 Å². The Morgan fingerprint density at radius 1 is 1.80 bits per heavy atom. The van der Waals surface area contributed by atoms with Crippen molar-refractivity contribution in [1.82, 2.24) is 9.66 Å². The Balaban J connectivity index is 3.13. The molecule has 0 amide bonds. The lowest BCUT2D eigenvalue weighted by Gasteiger charge is -1.87. The maximum Gasteiger partial charge on any atom is 0.239 e. The molecule has 1 aromatic rings. The van der Waals surface area contributed by atoms with E-state index >= 15 is 0 Å². The molecule has 0 aliphatic rings. The average molecular weight is 141 g/mol. The molecular weight excluding hydrogens is 138 g/mol. The second-order valence-corrected chi connectivity index (χ2v) is 1.49. The summed E-state index contributed by atoms with van der Waals surface area (Å²) in [7, 11) is 0. The Morgan fingerprint density at radius 3 is 2.90 bits per heavy atom. The Kier molecular flexibility index (Phi) is 1.44. The number of rotatable bonds is 2. The van der Waals surface area contributed by atoms with Gasteiger partial charge in [-0.2, -0.15) is 0 Å². The van der Waals surface area contributed by atoms with Gasteiger partial charge in [0, 0.05) is 0 Å². The average Bonchev–Trinajstić information content (AvgIpc) is 2.33. The summed E-state index contributed by atoms with van der Waals surface area (Å²) >= 11 is 0. The normalized spacial score (nSPS) is 9.20. The molecule has 0 bridgehead atoms. The zero-order chi connectivity index (χ0) is 7.56. The van der Waals surface area contributed by atoms with Crippen LogP contribution in [0.5, 0.6) is 0 Å². The quantitative estimate of drug-likeness (QED) is 0.322. The van der Waals surface area contributed by atoms with Crippen LogP contribution in [0.15, 0.2) is 12.4 Å². The summed E-state index contributed by atoms with van der Waals surface area (Å²) < 4.78 is 0.549. The molecule has 0 saturated carbocycles. The van der Waals surface area contributed by atoms with Crippen molar-refractivity contribution in [1.29, 1.82) is 0 Å². The van der Waals surface area contributed by atoms with Crippen LogP contribution in [0.1, 0.15) is 10.6 Å². The van der Waals surface area contributed by atoms with Gasteiger partial charge in [-0.25, -0.2) is 15.1 Å². The van der Waals surface area contributed by atoms with Gasteiger partial charge >= 0.3 is 0 Å². The molecule has 0 aromatic carbocycles. The predicted molar refractivity (Wildman–Crippen MR) is 30.0 cm³/mol. The number of aldehydes is 1. The van der Waals surface area contributed by atoms with E-state index in [1.807, 2.05) is 0 Å². The van der Waals surface area contributed by atoms with Crippen LogP contribution in [0.2, 0.25) is 0 Å². The first-order valence-corrected chi connectivity index (χ1v) is 2.39. The number of carbonyl (C=O) groups excluding carboxylic acids is 1. The molecule has 0 atom stereocenters. The minimum atomic E-state index is -0.725. The third-order valence-corrected chi connectivity index (χ3v) is 0.931. The smallest absolute Gasteiger partial charge is 0.239 e. The van der Waals surface area contributed by atoms with Crippen LogP contribution in [0.4, 0.5) is 0 Å². The highest BCUT2D eigenvalue weighted by molar-refractivity contribution is 5.68. The molecule has 6 nitrogen and oxygen atoms in total. The Morgan fingerprint density at radius 2 is 2.50 bits per heavy atom. The lowest BCUT2D eigenvalue weighted by Crippen LogP contribution is -2.10. The van der Waals surface area contributed by atoms with Crippen LogP contribution in [0, 0.1) is 10.1 Å². The fraction of sp³-hybridized carbons (Fsp3) is 0. The minimum Gasteiger partial charge on any atom is -0.294 e. The monoisotopic (exact) mass is 141 g/mol. The molecule has 0 unspecified atom stereocenters. The molecule has 0 spiro atoms. The Labute approximate surface area is 55.2 Å². The molecular formula is C4H3N3O3. The number of imidazole rings is 1. The van der Waals surface area contributed by atoms with E-state index in [1.165, 1.54) is 6.20 Å². The highest BCUT2D eigenvalue weighted by Crippen LogP contribution is 1.90. The molecule has 0 saturated heterocycles. The number of hydrogen-bond donors (Lipinski definition) is 0. The molecule has 10 heavy (non-hydrogen) atoms. The summed E-state index contributed by atoms with van der Waals surface area (Å²) in [5, 5.41) is 9.29. The zero-order valence-corrected chi connectivity index (χ0v) is 4.80. The first kappa shape index (κ1) is 6.40. The lowest BCUT2D eigenvalue weighted by atomic mass is 10.7. The predicted octanol–water partition coefficient (Wildman–Crippen LogP) is -0.265. The first-order valence-electron chi connectivity index (χ1n) is 2.39. The van der Waals surface area contributed by atoms with Gasteiger partial charge in [-0.05, 0) is 4.68 Å². The second kappa shape index (κ2) is 2.26. The van der Waals surface area contributed by atoms with E-state index in [0.29, 0.717) is 11.0 Å². The van der Waals surface area contributed by atoms with Gasteiger partial charge in [-0.3, -0.25) is 4.79 Å². The number of carbonyl (C=O) groups is 1. The van der Waals surface area contributed by atoms with Crippen LogP contribution in [0.3, 0.4) is 0 Å². The lowest BCUT2D eigenvalue weighted by molar-refractivity contribution is -0.542. The fourth-order valence-corrected chi connectivity index (χ4v) is 0.531. The highest BCUT2D eigenvalue weighted by Gasteiger charge is 2.07. The molecule has 0 aliphatic carbocycles. The van der Waals surface area contributed by atoms with Crippen LogP contribution in [-0.2, 0) is 0 Å². The van der Waals surface area contributed by atoms with E-state index in [-0.39, 0.29) is 5.82 Å². The zero-order valence-electron chi connectivity index (χ0n) is 4.80. The van der Waals surface area contributed by atoms with Crippen molar-refractivity contribution in [2.45, 2.75) is 0 Å². The maximum atomic E-state index is 10.0. The number of nitro groups is 1. The van der Waals surface area contributed by atoms with Gasteiger partial charge in [0.1, 0.15) is 0 Å². The standard InChI is InChI=1S/C4H3N3O3/c8-3-4-5-1-2-6(4)7(9)10/h1-3H. The van der Waals surface area contributed by atoms with E-state index in [2.05, 4.69) is 4.98 Å². The molecule has 1 rings (SSSR count). The summed E-state index contributed by atoms with van der Waals surface area (Å²) in [6.45, 7) is 0. The van der Waals surface area contributed by atoms with E-state index in [0.717, 1.165) is 6.20 Å². The Bertz CT molecular complexity index is 266. The van der Waals surface area contributed by atoms with Gasteiger partial charge in [-0.1, -0.05) is 0 Å². The van der Waals surface area contributed by atoms with Crippen molar-refractivity contribution in [2.75, 3.05) is 0 Å². The largest absolute Gasteiger partial charge is 0.294 e. The molecule has 1 heterocycles. The van der Waals surface area contributed by atoms with E-state index in [1.54, 1.807) is 0 Å². The molecule has 1 aromatic heterocycles. The number of aromatic nitrogens is 2.